The highest BCUT2D eigenvalue weighted by Gasteiger charge is 2.10. The molecule has 0 spiro atoms. The smallest absolute Gasteiger partial charge is 0.188 e. The summed E-state index contributed by atoms with van der Waals surface area (Å²) in [5.41, 5.74) is 1.50. The summed E-state index contributed by atoms with van der Waals surface area (Å²) in [6, 6.07) is 0. The molecule has 0 aliphatic carbocycles. The average molecular weight is 164 g/mol. The van der Waals surface area contributed by atoms with Crippen LogP contribution in [0.5, 0.6) is 0 Å². The molecule has 12 heavy (non-hydrogen) atoms. The van der Waals surface area contributed by atoms with Crippen molar-refractivity contribution in [2.24, 2.45) is 7.05 Å². The van der Waals surface area contributed by atoms with Gasteiger partial charge in [0.05, 0.1) is 11.3 Å². The summed E-state index contributed by atoms with van der Waals surface area (Å²) in [5, 5.41) is 4.15. The van der Waals surface area contributed by atoms with Crippen LogP contribution >= 0.6 is 0 Å². The van der Waals surface area contributed by atoms with Gasteiger partial charge in [-0.05, 0) is 12.5 Å². The summed E-state index contributed by atoms with van der Waals surface area (Å²) in [6.45, 7) is 5.41. The molecule has 0 saturated heterocycles. The number of allylic oxidation sites excluding steroid dienone is 1. The first-order chi connectivity index (χ1) is 5.69. The lowest BCUT2D eigenvalue weighted by Crippen LogP contribution is -1.96. The lowest BCUT2D eigenvalue weighted by Gasteiger charge is -1.91. The topological polar surface area (TPSA) is 34.9 Å². The second kappa shape index (κ2) is 3.34. The van der Waals surface area contributed by atoms with Gasteiger partial charge in [0.25, 0.3) is 0 Å². The molecular formula is C9H12N2O. The van der Waals surface area contributed by atoms with Crippen LogP contribution in [0, 0.1) is 0 Å². The number of carbonyl (C=O) groups excluding carboxylic acids is 1. The molecule has 0 unspecified atom stereocenters. The van der Waals surface area contributed by atoms with Crippen LogP contribution in [0.15, 0.2) is 18.9 Å². The van der Waals surface area contributed by atoms with Crippen molar-refractivity contribution >= 4 is 5.78 Å². The summed E-state index contributed by atoms with van der Waals surface area (Å²) in [6.07, 6.45) is 3.81. The molecule has 0 radical (unpaired) electrons. The van der Waals surface area contributed by atoms with E-state index in [0.29, 0.717) is 5.56 Å². The normalized spacial score (nSPS) is 9.83. The molecule has 3 nitrogen and oxygen atoms in total. The number of hydrogen-bond donors (Lipinski definition) is 0. The molecule has 0 aliphatic rings. The Balaban J connectivity index is 3.12. The maximum Gasteiger partial charge on any atom is 0.188 e. The van der Waals surface area contributed by atoms with Crippen LogP contribution in [-0.4, -0.2) is 15.6 Å². The molecule has 0 fully saturated rings. The molecule has 3 heteroatoms. The first-order valence-electron chi connectivity index (χ1n) is 3.88. The second-order valence-electron chi connectivity index (χ2n) is 2.59. The largest absolute Gasteiger partial charge is 0.289 e. The summed E-state index contributed by atoms with van der Waals surface area (Å²) >= 11 is 0. The lowest BCUT2D eigenvalue weighted by molar-refractivity contribution is 0.104. The van der Waals surface area contributed by atoms with Gasteiger partial charge in [0.2, 0.25) is 0 Å². The minimum Gasteiger partial charge on any atom is -0.289 e. The Bertz CT molecular complexity index is 312. The fourth-order valence-electron chi connectivity index (χ4n) is 1.11. The Kier molecular flexibility index (Phi) is 2.43. The molecule has 0 aliphatic heterocycles. The maximum atomic E-state index is 11.2. The van der Waals surface area contributed by atoms with Gasteiger partial charge in [-0.15, -0.1) is 0 Å². The monoisotopic (exact) mass is 164 g/mol. The van der Waals surface area contributed by atoms with Crippen LogP contribution in [0.1, 0.15) is 23.0 Å². The number of rotatable bonds is 3. The number of ketones is 1. The van der Waals surface area contributed by atoms with Crippen LogP contribution in [0.4, 0.5) is 0 Å². The minimum absolute atomic E-state index is 0.0556. The highest BCUT2D eigenvalue weighted by Crippen LogP contribution is 2.07. The summed E-state index contributed by atoms with van der Waals surface area (Å²) in [4.78, 5) is 11.2. The zero-order chi connectivity index (χ0) is 9.14. The molecule has 64 valence electrons. The first-order valence-corrected chi connectivity index (χ1v) is 3.88. The molecule has 0 saturated carbocycles. The fraction of sp³-hybridized carbons (Fsp3) is 0.333. The number of aromatic nitrogens is 2. The SMILES string of the molecule is C=CC(=O)c1cn(C)nc1CC. The molecule has 0 N–H and O–H groups in total. The van der Waals surface area contributed by atoms with Crippen LogP contribution in [0.2, 0.25) is 0 Å². The Hall–Kier alpha value is -1.38. The van der Waals surface area contributed by atoms with E-state index in [0.717, 1.165) is 12.1 Å². The lowest BCUT2D eigenvalue weighted by atomic mass is 10.1. The number of hydrogen-bond acceptors (Lipinski definition) is 2. The van der Waals surface area contributed by atoms with Gasteiger partial charge in [-0.2, -0.15) is 5.10 Å². The van der Waals surface area contributed by atoms with Crippen molar-refractivity contribution in [3.8, 4) is 0 Å². The first kappa shape index (κ1) is 8.71. The second-order valence-corrected chi connectivity index (χ2v) is 2.59. The molecule has 0 aromatic carbocycles. The van der Waals surface area contributed by atoms with Gasteiger partial charge in [-0.1, -0.05) is 13.5 Å². The summed E-state index contributed by atoms with van der Waals surface area (Å²) < 4.78 is 1.65. The van der Waals surface area contributed by atoms with E-state index in [1.807, 2.05) is 6.92 Å². The van der Waals surface area contributed by atoms with Crippen molar-refractivity contribution in [1.82, 2.24) is 9.78 Å². The zero-order valence-corrected chi connectivity index (χ0v) is 7.37. The fourth-order valence-corrected chi connectivity index (χ4v) is 1.11. The van der Waals surface area contributed by atoms with E-state index in [1.165, 1.54) is 6.08 Å². The van der Waals surface area contributed by atoms with E-state index < -0.39 is 0 Å². The molecule has 0 bridgehead atoms. The third kappa shape index (κ3) is 1.44. The Morgan fingerprint density at radius 3 is 3.00 bits per heavy atom. The van der Waals surface area contributed by atoms with E-state index >= 15 is 0 Å². The van der Waals surface area contributed by atoms with Gasteiger partial charge in [0.15, 0.2) is 5.78 Å². The standard InChI is InChI=1S/C9H12N2O/c1-4-8-7(9(12)5-2)6-11(3)10-8/h5-6H,2,4H2,1,3H3. The molecule has 1 aromatic rings. The predicted molar refractivity (Wildman–Crippen MR) is 47.1 cm³/mol. The van der Waals surface area contributed by atoms with Crippen molar-refractivity contribution < 1.29 is 4.79 Å². The third-order valence-corrected chi connectivity index (χ3v) is 1.69. The number of nitrogens with zero attached hydrogens (tertiary/aromatic N) is 2. The predicted octanol–water partition coefficient (Wildman–Crippen LogP) is 1.35. The Labute approximate surface area is 71.7 Å². The molecule has 1 heterocycles. The minimum atomic E-state index is -0.0556. The van der Waals surface area contributed by atoms with Crippen molar-refractivity contribution in [2.75, 3.05) is 0 Å². The molecular weight excluding hydrogens is 152 g/mol. The van der Waals surface area contributed by atoms with Crippen LogP contribution in [-0.2, 0) is 13.5 Å². The van der Waals surface area contributed by atoms with Gasteiger partial charge >= 0.3 is 0 Å². The van der Waals surface area contributed by atoms with Gasteiger partial charge < -0.3 is 0 Å². The Morgan fingerprint density at radius 1 is 1.83 bits per heavy atom. The van der Waals surface area contributed by atoms with E-state index in [4.69, 9.17) is 0 Å². The van der Waals surface area contributed by atoms with Gasteiger partial charge in [0, 0.05) is 13.2 Å². The number of carbonyl (C=O) groups is 1. The average Bonchev–Trinajstić information content (AvgIpc) is 2.45. The zero-order valence-electron chi connectivity index (χ0n) is 7.37. The molecule has 1 rings (SSSR count). The molecule has 1 aromatic heterocycles. The molecule has 0 amide bonds. The summed E-state index contributed by atoms with van der Waals surface area (Å²) in [7, 11) is 1.80. The van der Waals surface area contributed by atoms with Gasteiger partial charge in [-0.3, -0.25) is 9.48 Å². The molecule has 0 atom stereocenters. The van der Waals surface area contributed by atoms with Crippen molar-refractivity contribution in [1.29, 1.82) is 0 Å². The van der Waals surface area contributed by atoms with Gasteiger partial charge in [0.1, 0.15) is 0 Å². The Morgan fingerprint density at radius 2 is 2.50 bits per heavy atom. The van der Waals surface area contributed by atoms with Crippen LogP contribution in [0.25, 0.3) is 0 Å². The van der Waals surface area contributed by atoms with Gasteiger partial charge in [-0.25, -0.2) is 0 Å². The van der Waals surface area contributed by atoms with Crippen molar-refractivity contribution in [3.63, 3.8) is 0 Å². The highest BCUT2D eigenvalue weighted by molar-refractivity contribution is 6.04. The van der Waals surface area contributed by atoms with Crippen molar-refractivity contribution in [3.05, 3.63) is 30.1 Å². The third-order valence-electron chi connectivity index (χ3n) is 1.69. The quantitative estimate of drug-likeness (QED) is 0.499. The maximum absolute atomic E-state index is 11.2. The van der Waals surface area contributed by atoms with E-state index in [2.05, 4.69) is 11.7 Å². The van der Waals surface area contributed by atoms with E-state index in [9.17, 15) is 4.79 Å². The van der Waals surface area contributed by atoms with Crippen LogP contribution < -0.4 is 0 Å². The van der Waals surface area contributed by atoms with E-state index in [1.54, 1.807) is 17.9 Å². The van der Waals surface area contributed by atoms with E-state index in [-0.39, 0.29) is 5.78 Å². The highest BCUT2D eigenvalue weighted by atomic mass is 16.1. The van der Waals surface area contributed by atoms with Crippen molar-refractivity contribution in [2.45, 2.75) is 13.3 Å². The van der Waals surface area contributed by atoms with Crippen LogP contribution in [0.3, 0.4) is 0 Å². The number of aryl methyl sites for hydroxylation is 2. The summed E-state index contributed by atoms with van der Waals surface area (Å²) in [5.74, 6) is -0.0556.